The van der Waals surface area contributed by atoms with Crippen LogP contribution >= 0.6 is 0 Å². The SMILES string of the molecule is Cc1nc(C)n(C2C(=NO)C3CCC2C3)c1-c1ccccc1. The van der Waals surface area contributed by atoms with E-state index >= 15 is 0 Å². The highest BCUT2D eigenvalue weighted by molar-refractivity contribution is 5.93. The summed E-state index contributed by atoms with van der Waals surface area (Å²) in [5.74, 6) is 2.03. The molecule has 1 aromatic carbocycles. The molecule has 114 valence electrons. The van der Waals surface area contributed by atoms with Crippen molar-refractivity contribution in [2.45, 2.75) is 39.2 Å². The van der Waals surface area contributed by atoms with E-state index in [0.717, 1.165) is 35.8 Å². The van der Waals surface area contributed by atoms with E-state index in [9.17, 15) is 5.21 Å². The molecular weight excluding hydrogens is 274 g/mol. The first-order valence-electron chi connectivity index (χ1n) is 8.03. The molecule has 3 unspecified atom stereocenters. The maximum absolute atomic E-state index is 9.53. The number of aryl methyl sites for hydroxylation is 2. The van der Waals surface area contributed by atoms with Crippen molar-refractivity contribution in [1.82, 2.24) is 9.55 Å². The van der Waals surface area contributed by atoms with Gasteiger partial charge >= 0.3 is 0 Å². The van der Waals surface area contributed by atoms with Gasteiger partial charge in [0.1, 0.15) is 5.82 Å². The second-order valence-electron chi connectivity index (χ2n) is 6.57. The van der Waals surface area contributed by atoms with Crippen LogP contribution in [0.15, 0.2) is 35.5 Å². The highest BCUT2D eigenvalue weighted by atomic mass is 16.4. The van der Waals surface area contributed by atoms with Gasteiger partial charge in [0.15, 0.2) is 0 Å². The van der Waals surface area contributed by atoms with E-state index in [1.807, 2.05) is 6.07 Å². The lowest BCUT2D eigenvalue weighted by Gasteiger charge is -2.27. The van der Waals surface area contributed by atoms with Gasteiger partial charge in [0, 0.05) is 11.5 Å². The Kier molecular flexibility index (Phi) is 3.06. The van der Waals surface area contributed by atoms with Gasteiger partial charge < -0.3 is 9.77 Å². The molecule has 0 spiro atoms. The van der Waals surface area contributed by atoms with Gasteiger partial charge in [-0.1, -0.05) is 35.5 Å². The van der Waals surface area contributed by atoms with Crippen LogP contribution in [0.3, 0.4) is 0 Å². The zero-order valence-corrected chi connectivity index (χ0v) is 13.0. The Morgan fingerprint density at radius 2 is 1.95 bits per heavy atom. The van der Waals surface area contributed by atoms with E-state index < -0.39 is 0 Å². The minimum Gasteiger partial charge on any atom is -0.411 e. The average Bonchev–Trinajstić information content (AvgIpc) is 3.20. The molecule has 2 bridgehead atoms. The third-order valence-electron chi connectivity index (χ3n) is 5.34. The van der Waals surface area contributed by atoms with Crippen LogP contribution in [0.25, 0.3) is 11.3 Å². The van der Waals surface area contributed by atoms with Crippen molar-refractivity contribution >= 4 is 5.71 Å². The fourth-order valence-corrected chi connectivity index (χ4v) is 4.51. The molecule has 0 saturated heterocycles. The lowest BCUT2D eigenvalue weighted by Crippen LogP contribution is -2.27. The first-order chi connectivity index (χ1) is 10.7. The van der Waals surface area contributed by atoms with E-state index in [-0.39, 0.29) is 6.04 Å². The molecular formula is C18H21N3O. The van der Waals surface area contributed by atoms with Crippen molar-refractivity contribution in [3.05, 3.63) is 41.9 Å². The van der Waals surface area contributed by atoms with E-state index in [2.05, 4.69) is 47.8 Å². The van der Waals surface area contributed by atoms with Gasteiger partial charge in [0.2, 0.25) is 0 Å². The number of oxime groups is 1. The molecule has 3 atom stereocenters. The summed E-state index contributed by atoms with van der Waals surface area (Å²) < 4.78 is 2.31. The maximum Gasteiger partial charge on any atom is 0.106 e. The third kappa shape index (κ3) is 1.83. The van der Waals surface area contributed by atoms with Crippen molar-refractivity contribution in [1.29, 1.82) is 0 Å². The summed E-state index contributed by atoms with van der Waals surface area (Å²) in [7, 11) is 0. The van der Waals surface area contributed by atoms with Gasteiger partial charge in [-0.2, -0.15) is 0 Å². The van der Waals surface area contributed by atoms with Crippen LogP contribution in [0.2, 0.25) is 0 Å². The molecule has 22 heavy (non-hydrogen) atoms. The number of fused-ring (bicyclic) bond motifs is 2. The molecule has 1 N–H and O–H groups in total. The van der Waals surface area contributed by atoms with Crippen LogP contribution in [-0.4, -0.2) is 20.5 Å². The highest BCUT2D eigenvalue weighted by Gasteiger charge is 2.47. The minimum atomic E-state index is 0.167. The standard InChI is InChI=1S/C18H21N3O/c1-11-17(13-6-4-3-5-7-13)21(12(2)19-11)18-15-9-8-14(10-15)16(18)20-22/h3-7,14-15,18,22H,8-10H2,1-2H3. The molecule has 0 radical (unpaired) electrons. The number of benzene rings is 1. The number of imidazole rings is 1. The van der Waals surface area contributed by atoms with Gasteiger partial charge in [-0.3, -0.25) is 0 Å². The van der Waals surface area contributed by atoms with Crippen molar-refractivity contribution < 1.29 is 5.21 Å². The highest BCUT2D eigenvalue weighted by Crippen LogP contribution is 2.50. The fourth-order valence-electron chi connectivity index (χ4n) is 4.51. The summed E-state index contributed by atoms with van der Waals surface area (Å²) in [4.78, 5) is 4.71. The topological polar surface area (TPSA) is 50.4 Å². The molecule has 2 aromatic rings. The molecule has 4 rings (SSSR count). The predicted octanol–water partition coefficient (Wildman–Crippen LogP) is 3.97. The van der Waals surface area contributed by atoms with Crippen LogP contribution in [0, 0.1) is 25.7 Å². The third-order valence-corrected chi connectivity index (χ3v) is 5.34. The Balaban J connectivity index is 1.89. The Morgan fingerprint density at radius 1 is 1.18 bits per heavy atom. The Bertz CT molecular complexity index is 732. The monoisotopic (exact) mass is 295 g/mol. The van der Waals surface area contributed by atoms with Crippen molar-refractivity contribution in [2.75, 3.05) is 0 Å². The van der Waals surface area contributed by atoms with Gasteiger partial charge in [-0.15, -0.1) is 0 Å². The van der Waals surface area contributed by atoms with Crippen LogP contribution in [0.4, 0.5) is 0 Å². The maximum atomic E-state index is 9.53. The van der Waals surface area contributed by atoms with Crippen LogP contribution in [-0.2, 0) is 0 Å². The summed E-state index contributed by atoms with van der Waals surface area (Å²) in [6, 6.07) is 10.6. The molecule has 0 aliphatic heterocycles. The molecule has 4 heteroatoms. The lowest BCUT2D eigenvalue weighted by atomic mass is 9.92. The largest absolute Gasteiger partial charge is 0.411 e. The lowest BCUT2D eigenvalue weighted by molar-refractivity contribution is 0.307. The van der Waals surface area contributed by atoms with Crippen LogP contribution < -0.4 is 0 Å². The molecule has 0 amide bonds. The number of hydrogen-bond acceptors (Lipinski definition) is 3. The first kappa shape index (κ1) is 13.6. The molecule has 4 nitrogen and oxygen atoms in total. The van der Waals surface area contributed by atoms with Crippen molar-refractivity contribution in [2.24, 2.45) is 17.0 Å². The second kappa shape index (κ2) is 4.97. The number of nitrogens with zero attached hydrogens (tertiary/aromatic N) is 3. The average molecular weight is 295 g/mol. The van der Waals surface area contributed by atoms with Crippen molar-refractivity contribution in [3.63, 3.8) is 0 Å². The van der Waals surface area contributed by atoms with E-state index in [1.54, 1.807) is 0 Å². The van der Waals surface area contributed by atoms with Crippen LogP contribution in [0.1, 0.15) is 36.8 Å². The normalized spacial score (nSPS) is 28.6. The first-order valence-corrected chi connectivity index (χ1v) is 8.03. The summed E-state index contributed by atoms with van der Waals surface area (Å²) in [6.45, 7) is 4.12. The molecule has 2 fully saturated rings. The van der Waals surface area contributed by atoms with E-state index in [0.29, 0.717) is 11.8 Å². The summed E-state index contributed by atoms with van der Waals surface area (Å²) in [6.07, 6.45) is 3.53. The molecule has 2 saturated carbocycles. The predicted molar refractivity (Wildman–Crippen MR) is 86.2 cm³/mol. The quantitative estimate of drug-likeness (QED) is 0.673. The minimum absolute atomic E-state index is 0.167. The number of aromatic nitrogens is 2. The van der Waals surface area contributed by atoms with Crippen molar-refractivity contribution in [3.8, 4) is 11.3 Å². The molecule has 2 aliphatic rings. The van der Waals surface area contributed by atoms with Crippen LogP contribution in [0.5, 0.6) is 0 Å². The Hall–Kier alpha value is -2.10. The Labute approximate surface area is 130 Å². The zero-order chi connectivity index (χ0) is 15.3. The number of rotatable bonds is 2. The second-order valence-corrected chi connectivity index (χ2v) is 6.57. The molecule has 1 heterocycles. The smallest absolute Gasteiger partial charge is 0.106 e. The Morgan fingerprint density at radius 3 is 2.68 bits per heavy atom. The van der Waals surface area contributed by atoms with Gasteiger partial charge in [0.05, 0.1) is 23.1 Å². The summed E-state index contributed by atoms with van der Waals surface area (Å²) in [5.41, 5.74) is 4.34. The van der Waals surface area contributed by atoms with Gasteiger partial charge in [-0.05, 0) is 39.0 Å². The van der Waals surface area contributed by atoms with E-state index in [4.69, 9.17) is 4.98 Å². The van der Waals surface area contributed by atoms with E-state index in [1.165, 1.54) is 12.0 Å². The number of hydrogen-bond donors (Lipinski definition) is 1. The molecule has 2 aliphatic carbocycles. The zero-order valence-electron chi connectivity index (χ0n) is 13.0. The van der Waals surface area contributed by atoms with Gasteiger partial charge in [0.25, 0.3) is 0 Å². The summed E-state index contributed by atoms with van der Waals surface area (Å²) >= 11 is 0. The summed E-state index contributed by atoms with van der Waals surface area (Å²) in [5, 5.41) is 13.2. The van der Waals surface area contributed by atoms with Gasteiger partial charge in [-0.25, -0.2) is 4.98 Å². The molecule has 1 aromatic heterocycles. The fraction of sp³-hybridized carbons (Fsp3) is 0.444.